The van der Waals surface area contributed by atoms with Gasteiger partial charge in [-0.1, -0.05) is 0 Å². The van der Waals surface area contributed by atoms with Gasteiger partial charge in [0, 0.05) is 16.7 Å². The maximum atomic E-state index is 12.9. The van der Waals surface area contributed by atoms with Crippen molar-refractivity contribution >= 4 is 21.6 Å². The van der Waals surface area contributed by atoms with Gasteiger partial charge in [-0.3, -0.25) is 0 Å². The fourth-order valence-corrected chi connectivity index (χ4v) is 2.57. The van der Waals surface area contributed by atoms with Crippen LogP contribution in [0.2, 0.25) is 0 Å². The standard InChI is InChI=1S/C13H17BrFNO/c1-13(2)6-5-10(17-13)8-16-12-4-3-9(15)7-11(12)14/h3-4,7,10,16H,5-6,8H2,1-2H3. The third-order valence-corrected chi connectivity index (χ3v) is 3.66. The molecule has 0 radical (unpaired) electrons. The van der Waals surface area contributed by atoms with Crippen molar-refractivity contribution in [1.29, 1.82) is 0 Å². The van der Waals surface area contributed by atoms with E-state index in [4.69, 9.17) is 4.74 Å². The molecule has 0 spiro atoms. The number of ether oxygens (including phenoxy) is 1. The van der Waals surface area contributed by atoms with Gasteiger partial charge in [0.05, 0.1) is 11.7 Å². The van der Waals surface area contributed by atoms with Gasteiger partial charge < -0.3 is 10.1 Å². The van der Waals surface area contributed by atoms with Crippen LogP contribution in [0.25, 0.3) is 0 Å². The number of hydrogen-bond acceptors (Lipinski definition) is 2. The molecule has 1 aliphatic heterocycles. The summed E-state index contributed by atoms with van der Waals surface area (Å²) in [5.74, 6) is -0.235. The van der Waals surface area contributed by atoms with Crippen molar-refractivity contribution in [2.45, 2.75) is 38.4 Å². The highest BCUT2D eigenvalue weighted by molar-refractivity contribution is 9.10. The largest absolute Gasteiger partial charge is 0.382 e. The molecule has 1 fully saturated rings. The Bertz CT molecular complexity index is 408. The van der Waals surface area contributed by atoms with Gasteiger partial charge >= 0.3 is 0 Å². The number of nitrogens with one attached hydrogen (secondary N) is 1. The lowest BCUT2D eigenvalue weighted by molar-refractivity contribution is -0.00911. The molecule has 1 N–H and O–H groups in total. The topological polar surface area (TPSA) is 21.3 Å². The Morgan fingerprint density at radius 3 is 2.88 bits per heavy atom. The molecule has 0 aromatic heterocycles. The lowest BCUT2D eigenvalue weighted by Gasteiger charge is -2.20. The first kappa shape index (κ1) is 12.8. The van der Waals surface area contributed by atoms with Crippen molar-refractivity contribution in [1.82, 2.24) is 0 Å². The average molecular weight is 302 g/mol. The second-order valence-corrected chi connectivity index (χ2v) is 5.90. The maximum absolute atomic E-state index is 12.9. The van der Waals surface area contributed by atoms with E-state index in [9.17, 15) is 4.39 Å². The van der Waals surface area contributed by atoms with Gasteiger partial charge in [0.1, 0.15) is 5.82 Å². The van der Waals surface area contributed by atoms with Crippen molar-refractivity contribution in [3.05, 3.63) is 28.5 Å². The zero-order valence-corrected chi connectivity index (χ0v) is 11.7. The second-order valence-electron chi connectivity index (χ2n) is 5.04. The van der Waals surface area contributed by atoms with Crippen LogP contribution >= 0.6 is 15.9 Å². The zero-order valence-electron chi connectivity index (χ0n) is 10.1. The van der Waals surface area contributed by atoms with Gasteiger partial charge in [-0.25, -0.2) is 4.39 Å². The SMILES string of the molecule is CC1(C)CCC(CNc2ccc(F)cc2Br)O1. The molecule has 1 aromatic carbocycles. The maximum Gasteiger partial charge on any atom is 0.124 e. The molecule has 17 heavy (non-hydrogen) atoms. The van der Waals surface area contributed by atoms with Gasteiger partial charge in [-0.15, -0.1) is 0 Å². The van der Waals surface area contributed by atoms with Crippen LogP contribution in [-0.2, 0) is 4.74 Å². The van der Waals surface area contributed by atoms with Crippen molar-refractivity contribution in [3.8, 4) is 0 Å². The molecule has 2 nitrogen and oxygen atoms in total. The molecule has 2 rings (SSSR count). The van der Waals surface area contributed by atoms with E-state index in [1.165, 1.54) is 12.1 Å². The summed E-state index contributed by atoms with van der Waals surface area (Å²) in [6, 6.07) is 4.65. The predicted octanol–water partition coefficient (Wildman–Crippen LogP) is 3.96. The second kappa shape index (κ2) is 4.94. The monoisotopic (exact) mass is 301 g/mol. The van der Waals surface area contributed by atoms with Crippen LogP contribution in [0.1, 0.15) is 26.7 Å². The minimum Gasteiger partial charge on any atom is -0.382 e. The molecule has 1 atom stereocenters. The van der Waals surface area contributed by atoms with Crippen LogP contribution in [0.4, 0.5) is 10.1 Å². The molecule has 1 heterocycles. The molecular weight excluding hydrogens is 285 g/mol. The molecule has 1 aromatic rings. The van der Waals surface area contributed by atoms with Crippen LogP contribution in [-0.4, -0.2) is 18.2 Å². The minimum absolute atomic E-state index is 0.00756. The number of anilines is 1. The van der Waals surface area contributed by atoms with Crippen LogP contribution in [0, 0.1) is 5.82 Å². The average Bonchev–Trinajstić information content (AvgIpc) is 2.57. The van der Waals surface area contributed by atoms with E-state index >= 15 is 0 Å². The number of halogens is 2. The molecule has 1 saturated heterocycles. The molecule has 1 unspecified atom stereocenters. The first-order chi connectivity index (χ1) is 7.96. The van der Waals surface area contributed by atoms with E-state index in [1.807, 2.05) is 0 Å². The number of benzene rings is 1. The highest BCUT2D eigenvalue weighted by Crippen LogP contribution is 2.30. The Morgan fingerprint density at radius 1 is 1.53 bits per heavy atom. The van der Waals surface area contributed by atoms with Crippen molar-refractivity contribution in [2.24, 2.45) is 0 Å². The third-order valence-electron chi connectivity index (χ3n) is 3.01. The van der Waals surface area contributed by atoms with Gasteiger partial charge in [0.25, 0.3) is 0 Å². The van der Waals surface area contributed by atoms with E-state index in [0.717, 1.165) is 29.5 Å². The molecule has 0 amide bonds. The van der Waals surface area contributed by atoms with Gasteiger partial charge in [-0.05, 0) is 60.8 Å². The molecular formula is C13H17BrFNO. The van der Waals surface area contributed by atoms with Crippen LogP contribution in [0.15, 0.2) is 22.7 Å². The van der Waals surface area contributed by atoms with E-state index in [0.29, 0.717) is 0 Å². The molecule has 4 heteroatoms. The summed E-state index contributed by atoms with van der Waals surface area (Å²) < 4.78 is 19.5. The molecule has 0 bridgehead atoms. The molecule has 1 aliphatic rings. The Morgan fingerprint density at radius 2 is 2.29 bits per heavy atom. The summed E-state index contributed by atoms with van der Waals surface area (Å²) in [4.78, 5) is 0. The summed E-state index contributed by atoms with van der Waals surface area (Å²) in [5.41, 5.74) is 0.895. The Kier molecular flexibility index (Phi) is 3.73. The van der Waals surface area contributed by atoms with Crippen LogP contribution in [0.5, 0.6) is 0 Å². The first-order valence-corrected chi connectivity index (χ1v) is 6.62. The highest BCUT2D eigenvalue weighted by atomic mass is 79.9. The van der Waals surface area contributed by atoms with Crippen LogP contribution in [0.3, 0.4) is 0 Å². The minimum atomic E-state index is -0.235. The summed E-state index contributed by atoms with van der Waals surface area (Å²) in [5, 5.41) is 3.28. The van der Waals surface area contributed by atoms with Gasteiger partial charge in [0.2, 0.25) is 0 Å². The smallest absolute Gasteiger partial charge is 0.124 e. The zero-order chi connectivity index (χ0) is 12.5. The summed E-state index contributed by atoms with van der Waals surface area (Å²) in [6.07, 6.45) is 2.39. The Balaban J connectivity index is 1.90. The molecule has 94 valence electrons. The first-order valence-electron chi connectivity index (χ1n) is 5.83. The van der Waals surface area contributed by atoms with E-state index in [-0.39, 0.29) is 17.5 Å². The summed E-state index contributed by atoms with van der Waals surface area (Å²) >= 11 is 3.34. The van der Waals surface area contributed by atoms with E-state index in [2.05, 4.69) is 35.1 Å². The third kappa shape index (κ3) is 3.42. The Labute approximate surface area is 110 Å². The quantitative estimate of drug-likeness (QED) is 0.912. The molecule has 0 aliphatic carbocycles. The van der Waals surface area contributed by atoms with Gasteiger partial charge in [-0.2, -0.15) is 0 Å². The van der Waals surface area contributed by atoms with Crippen LogP contribution < -0.4 is 5.32 Å². The van der Waals surface area contributed by atoms with E-state index < -0.39 is 0 Å². The van der Waals surface area contributed by atoms with Crippen molar-refractivity contribution in [3.63, 3.8) is 0 Å². The lowest BCUT2D eigenvalue weighted by Crippen LogP contribution is -2.24. The lowest BCUT2D eigenvalue weighted by atomic mass is 10.1. The highest BCUT2D eigenvalue weighted by Gasteiger charge is 2.31. The summed E-state index contributed by atoms with van der Waals surface area (Å²) in [7, 11) is 0. The fraction of sp³-hybridized carbons (Fsp3) is 0.538. The van der Waals surface area contributed by atoms with E-state index in [1.54, 1.807) is 6.07 Å². The normalized spacial score (nSPS) is 22.7. The summed E-state index contributed by atoms with van der Waals surface area (Å²) in [6.45, 7) is 4.98. The van der Waals surface area contributed by atoms with Gasteiger partial charge in [0.15, 0.2) is 0 Å². The fourth-order valence-electron chi connectivity index (χ4n) is 2.08. The van der Waals surface area contributed by atoms with Crippen molar-refractivity contribution in [2.75, 3.05) is 11.9 Å². The van der Waals surface area contributed by atoms with Crippen molar-refractivity contribution < 1.29 is 9.13 Å². The predicted molar refractivity (Wildman–Crippen MR) is 70.8 cm³/mol. The number of rotatable bonds is 3. The number of hydrogen-bond donors (Lipinski definition) is 1. The Hall–Kier alpha value is -0.610. The molecule has 0 saturated carbocycles.